The largest absolute Gasteiger partial charge is 0.353 e. The van der Waals surface area contributed by atoms with E-state index in [1.807, 2.05) is 50.4 Å². The Bertz CT molecular complexity index is 743. The molecule has 7 heteroatoms. The van der Waals surface area contributed by atoms with Gasteiger partial charge in [-0.25, -0.2) is 9.97 Å². The quantitative estimate of drug-likeness (QED) is 0.801. The van der Waals surface area contributed by atoms with Crippen LogP contribution in [0.1, 0.15) is 19.4 Å². The number of hydrogen-bond acceptors (Lipinski definition) is 6. The molecule has 0 unspecified atom stereocenters. The molecule has 7 nitrogen and oxygen atoms in total. The molecule has 1 atom stereocenters. The lowest BCUT2D eigenvalue weighted by atomic mass is 10.0. The second kappa shape index (κ2) is 8.81. The summed E-state index contributed by atoms with van der Waals surface area (Å²) < 4.78 is 0. The number of rotatable bonds is 6. The molecule has 0 bridgehead atoms. The third kappa shape index (κ3) is 4.74. The van der Waals surface area contributed by atoms with E-state index in [9.17, 15) is 4.79 Å². The lowest BCUT2D eigenvalue weighted by molar-refractivity contribution is -0.123. The number of aromatic nitrogens is 2. The van der Waals surface area contributed by atoms with Crippen LogP contribution in [0.25, 0.3) is 0 Å². The monoisotopic (exact) mass is 368 g/mol. The van der Waals surface area contributed by atoms with Crippen molar-refractivity contribution in [2.45, 2.75) is 26.4 Å². The fourth-order valence-electron chi connectivity index (χ4n) is 3.14. The van der Waals surface area contributed by atoms with E-state index in [0.29, 0.717) is 6.54 Å². The number of carbonyl (C=O) groups excluding carboxylic acids is 1. The first-order chi connectivity index (χ1) is 13.1. The van der Waals surface area contributed by atoms with Crippen LogP contribution >= 0.6 is 0 Å². The van der Waals surface area contributed by atoms with Gasteiger partial charge in [-0.05, 0) is 24.1 Å². The second-order valence-corrected chi connectivity index (χ2v) is 7.14. The van der Waals surface area contributed by atoms with E-state index in [4.69, 9.17) is 5.73 Å². The molecule has 1 amide bonds. The van der Waals surface area contributed by atoms with Crippen LogP contribution < -0.4 is 20.9 Å². The number of pyridine rings is 2. The highest BCUT2D eigenvalue weighted by atomic mass is 16.2. The molecule has 0 saturated carbocycles. The lowest BCUT2D eigenvalue weighted by Gasteiger charge is -2.36. The summed E-state index contributed by atoms with van der Waals surface area (Å²) in [4.78, 5) is 25.7. The van der Waals surface area contributed by atoms with E-state index in [-0.39, 0.29) is 11.8 Å². The Kier molecular flexibility index (Phi) is 6.24. The van der Waals surface area contributed by atoms with E-state index in [0.717, 1.165) is 43.4 Å². The maximum atomic E-state index is 12.2. The van der Waals surface area contributed by atoms with Crippen molar-refractivity contribution in [3.8, 4) is 0 Å². The van der Waals surface area contributed by atoms with Crippen molar-refractivity contribution in [3.05, 3.63) is 48.3 Å². The molecule has 0 radical (unpaired) electrons. The number of hydrogen-bond donors (Lipinski definition) is 2. The van der Waals surface area contributed by atoms with E-state index in [2.05, 4.69) is 25.1 Å². The molecule has 2 aromatic heterocycles. The highest BCUT2D eigenvalue weighted by Crippen LogP contribution is 2.21. The molecule has 27 heavy (non-hydrogen) atoms. The van der Waals surface area contributed by atoms with E-state index in [1.165, 1.54) is 0 Å². The van der Waals surface area contributed by atoms with Gasteiger partial charge in [-0.1, -0.05) is 26.0 Å². The van der Waals surface area contributed by atoms with Crippen LogP contribution in [0, 0.1) is 5.92 Å². The Labute approximate surface area is 160 Å². The first-order valence-electron chi connectivity index (χ1n) is 9.44. The average molecular weight is 368 g/mol. The van der Waals surface area contributed by atoms with Crippen molar-refractivity contribution in [2.24, 2.45) is 11.7 Å². The van der Waals surface area contributed by atoms with Gasteiger partial charge in [0.05, 0.1) is 6.04 Å². The zero-order valence-corrected chi connectivity index (χ0v) is 16.0. The van der Waals surface area contributed by atoms with Gasteiger partial charge in [0.2, 0.25) is 5.91 Å². The first-order valence-corrected chi connectivity index (χ1v) is 9.44. The van der Waals surface area contributed by atoms with E-state index < -0.39 is 6.04 Å². The second-order valence-electron chi connectivity index (χ2n) is 7.14. The van der Waals surface area contributed by atoms with Crippen LogP contribution in [0.15, 0.2) is 42.7 Å². The minimum Gasteiger partial charge on any atom is -0.353 e. The van der Waals surface area contributed by atoms with Crippen LogP contribution in [0.5, 0.6) is 0 Å². The summed E-state index contributed by atoms with van der Waals surface area (Å²) in [6.45, 7) is 7.82. The van der Waals surface area contributed by atoms with Gasteiger partial charge < -0.3 is 20.9 Å². The summed E-state index contributed by atoms with van der Waals surface area (Å²) >= 11 is 0. The van der Waals surface area contributed by atoms with Crippen LogP contribution in [-0.2, 0) is 11.3 Å². The highest BCUT2D eigenvalue weighted by molar-refractivity contribution is 5.81. The Hall–Kier alpha value is -2.67. The molecular formula is C20H28N6O. The number of amides is 1. The van der Waals surface area contributed by atoms with Crippen molar-refractivity contribution >= 4 is 17.5 Å². The molecule has 1 aliphatic rings. The van der Waals surface area contributed by atoms with Gasteiger partial charge in [-0.2, -0.15) is 0 Å². The molecule has 0 aromatic carbocycles. The molecule has 3 heterocycles. The zero-order valence-electron chi connectivity index (χ0n) is 16.0. The van der Waals surface area contributed by atoms with Crippen molar-refractivity contribution < 1.29 is 4.79 Å². The van der Waals surface area contributed by atoms with Crippen LogP contribution in [0.4, 0.5) is 11.6 Å². The molecule has 144 valence electrons. The first kappa shape index (κ1) is 19.1. The Balaban J connectivity index is 1.62. The predicted molar refractivity (Wildman–Crippen MR) is 108 cm³/mol. The summed E-state index contributed by atoms with van der Waals surface area (Å²) in [5, 5.41) is 2.94. The standard InChI is InChI=1S/C20H28N6O/c1-15(2)18(21)20(27)24-14-16-6-5-9-23-19(16)26-12-10-25(11-13-26)17-7-3-4-8-22-17/h3-9,15,18H,10-14,21H2,1-2H3,(H,24,27)/t18-/m1/s1. The molecule has 1 aliphatic heterocycles. The lowest BCUT2D eigenvalue weighted by Crippen LogP contribution is -2.47. The van der Waals surface area contributed by atoms with Crippen molar-refractivity contribution in [3.63, 3.8) is 0 Å². The van der Waals surface area contributed by atoms with Gasteiger partial charge in [0.15, 0.2) is 0 Å². The van der Waals surface area contributed by atoms with Gasteiger partial charge in [0.1, 0.15) is 11.6 Å². The summed E-state index contributed by atoms with van der Waals surface area (Å²) in [5.74, 6) is 1.92. The van der Waals surface area contributed by atoms with Gasteiger partial charge in [0, 0.05) is 50.7 Å². The normalized spacial score (nSPS) is 15.7. The maximum Gasteiger partial charge on any atom is 0.237 e. The summed E-state index contributed by atoms with van der Waals surface area (Å²) in [5.41, 5.74) is 6.93. The SMILES string of the molecule is CC(C)[C@@H](N)C(=O)NCc1cccnc1N1CCN(c2ccccn2)CC1. The highest BCUT2D eigenvalue weighted by Gasteiger charge is 2.22. The zero-order chi connectivity index (χ0) is 19.2. The van der Waals surface area contributed by atoms with E-state index >= 15 is 0 Å². The molecule has 1 fully saturated rings. The summed E-state index contributed by atoms with van der Waals surface area (Å²) in [7, 11) is 0. The number of nitrogens with one attached hydrogen (secondary N) is 1. The Morgan fingerprint density at radius 1 is 1.07 bits per heavy atom. The average Bonchev–Trinajstić information content (AvgIpc) is 2.72. The number of nitrogens with two attached hydrogens (primary N) is 1. The number of piperazine rings is 1. The van der Waals surface area contributed by atoms with Crippen molar-refractivity contribution in [2.75, 3.05) is 36.0 Å². The molecule has 2 aromatic rings. The minimum absolute atomic E-state index is 0.109. The van der Waals surface area contributed by atoms with E-state index in [1.54, 1.807) is 6.20 Å². The van der Waals surface area contributed by atoms with Crippen molar-refractivity contribution in [1.82, 2.24) is 15.3 Å². The topological polar surface area (TPSA) is 87.4 Å². The number of carbonyl (C=O) groups is 1. The minimum atomic E-state index is -0.493. The summed E-state index contributed by atoms with van der Waals surface area (Å²) in [6.07, 6.45) is 3.62. The molecule has 3 rings (SSSR count). The molecule has 3 N–H and O–H groups in total. The summed E-state index contributed by atoms with van der Waals surface area (Å²) in [6, 6.07) is 9.39. The van der Waals surface area contributed by atoms with Crippen LogP contribution in [-0.4, -0.2) is 48.1 Å². The van der Waals surface area contributed by atoms with Crippen LogP contribution in [0.2, 0.25) is 0 Å². The third-order valence-corrected chi connectivity index (χ3v) is 4.89. The van der Waals surface area contributed by atoms with Gasteiger partial charge in [-0.15, -0.1) is 0 Å². The van der Waals surface area contributed by atoms with Gasteiger partial charge in [-0.3, -0.25) is 4.79 Å². The van der Waals surface area contributed by atoms with Gasteiger partial charge >= 0.3 is 0 Å². The third-order valence-electron chi connectivity index (χ3n) is 4.89. The number of anilines is 2. The van der Waals surface area contributed by atoms with Crippen LogP contribution in [0.3, 0.4) is 0 Å². The predicted octanol–water partition coefficient (Wildman–Crippen LogP) is 1.40. The van der Waals surface area contributed by atoms with Crippen molar-refractivity contribution in [1.29, 1.82) is 0 Å². The fourth-order valence-corrected chi connectivity index (χ4v) is 3.14. The maximum absolute atomic E-state index is 12.2. The molecule has 1 saturated heterocycles. The number of nitrogens with zero attached hydrogens (tertiary/aromatic N) is 4. The fraction of sp³-hybridized carbons (Fsp3) is 0.450. The molecule has 0 aliphatic carbocycles. The Morgan fingerprint density at radius 3 is 2.44 bits per heavy atom. The molecule has 0 spiro atoms. The Morgan fingerprint density at radius 2 is 1.78 bits per heavy atom. The van der Waals surface area contributed by atoms with Gasteiger partial charge in [0.25, 0.3) is 0 Å². The smallest absolute Gasteiger partial charge is 0.237 e. The molecular weight excluding hydrogens is 340 g/mol.